The number of benzene rings is 1. The SMILES string of the molecule is Cc1cc(C)c(C)c(N(C)CC2(C(=O)O)CC2)c1C. The maximum atomic E-state index is 11.3. The van der Waals surface area contributed by atoms with Crippen molar-refractivity contribution in [1.29, 1.82) is 0 Å². The van der Waals surface area contributed by atoms with Gasteiger partial charge >= 0.3 is 5.97 Å². The zero-order valence-corrected chi connectivity index (χ0v) is 12.5. The molecule has 0 spiro atoms. The number of aliphatic carboxylic acids is 1. The Morgan fingerprint density at radius 2 is 1.68 bits per heavy atom. The van der Waals surface area contributed by atoms with E-state index in [9.17, 15) is 9.90 Å². The molecule has 0 amide bonds. The van der Waals surface area contributed by atoms with Gasteiger partial charge in [-0.15, -0.1) is 0 Å². The molecule has 1 aliphatic rings. The van der Waals surface area contributed by atoms with Gasteiger partial charge in [0.1, 0.15) is 0 Å². The summed E-state index contributed by atoms with van der Waals surface area (Å²) in [6, 6.07) is 2.20. The van der Waals surface area contributed by atoms with Crippen LogP contribution < -0.4 is 4.90 Å². The molecule has 2 rings (SSSR count). The summed E-state index contributed by atoms with van der Waals surface area (Å²) in [5.74, 6) is -0.654. The van der Waals surface area contributed by atoms with Gasteiger partial charge in [-0.3, -0.25) is 4.79 Å². The molecule has 0 aromatic heterocycles. The standard InChI is InChI=1S/C16H23NO2/c1-10-8-11(2)13(4)14(12(10)3)17(5)9-16(6-7-16)15(18)19/h8H,6-7,9H2,1-5H3,(H,18,19). The molecule has 104 valence electrons. The number of rotatable bonds is 4. The third-order valence-corrected chi connectivity index (χ3v) is 4.56. The number of anilines is 1. The van der Waals surface area contributed by atoms with Crippen LogP contribution in [0.3, 0.4) is 0 Å². The predicted octanol–water partition coefficient (Wildman–Crippen LogP) is 3.22. The lowest BCUT2D eigenvalue weighted by atomic mass is 9.97. The Morgan fingerprint density at radius 3 is 2.05 bits per heavy atom. The van der Waals surface area contributed by atoms with E-state index >= 15 is 0 Å². The number of carboxylic acids is 1. The number of nitrogens with zero attached hydrogens (tertiary/aromatic N) is 1. The zero-order valence-electron chi connectivity index (χ0n) is 12.5. The molecule has 1 fully saturated rings. The van der Waals surface area contributed by atoms with Crippen molar-refractivity contribution >= 4 is 11.7 Å². The molecule has 1 saturated carbocycles. The highest BCUT2D eigenvalue weighted by Gasteiger charge is 2.51. The van der Waals surface area contributed by atoms with Gasteiger partial charge in [0.15, 0.2) is 0 Å². The summed E-state index contributed by atoms with van der Waals surface area (Å²) < 4.78 is 0. The molecular formula is C16H23NO2. The summed E-state index contributed by atoms with van der Waals surface area (Å²) in [6.45, 7) is 9.07. The van der Waals surface area contributed by atoms with Crippen molar-refractivity contribution in [1.82, 2.24) is 0 Å². The number of carboxylic acid groups (broad SMARTS) is 1. The van der Waals surface area contributed by atoms with Crippen LogP contribution in [0.5, 0.6) is 0 Å². The molecule has 0 saturated heterocycles. The third kappa shape index (κ3) is 2.34. The molecule has 1 aromatic carbocycles. The first kappa shape index (κ1) is 13.9. The Labute approximate surface area is 115 Å². The van der Waals surface area contributed by atoms with Crippen molar-refractivity contribution in [2.24, 2.45) is 5.41 Å². The normalized spacial score (nSPS) is 16.3. The molecule has 1 aliphatic carbocycles. The van der Waals surface area contributed by atoms with E-state index in [0.29, 0.717) is 6.54 Å². The highest BCUT2D eigenvalue weighted by Crippen LogP contribution is 2.47. The van der Waals surface area contributed by atoms with Gasteiger partial charge in [0.2, 0.25) is 0 Å². The monoisotopic (exact) mass is 261 g/mol. The smallest absolute Gasteiger partial charge is 0.311 e. The van der Waals surface area contributed by atoms with E-state index in [1.807, 2.05) is 7.05 Å². The average molecular weight is 261 g/mol. The van der Waals surface area contributed by atoms with E-state index in [2.05, 4.69) is 38.7 Å². The maximum absolute atomic E-state index is 11.3. The molecule has 0 bridgehead atoms. The lowest BCUT2D eigenvalue weighted by Gasteiger charge is -2.28. The van der Waals surface area contributed by atoms with Crippen LogP contribution in [-0.4, -0.2) is 24.7 Å². The van der Waals surface area contributed by atoms with E-state index in [1.54, 1.807) is 0 Å². The summed E-state index contributed by atoms with van der Waals surface area (Å²) >= 11 is 0. The largest absolute Gasteiger partial charge is 0.481 e. The van der Waals surface area contributed by atoms with Crippen LogP contribution in [0.1, 0.15) is 35.1 Å². The summed E-state index contributed by atoms with van der Waals surface area (Å²) in [5, 5.41) is 9.32. The van der Waals surface area contributed by atoms with Crippen LogP contribution in [-0.2, 0) is 4.79 Å². The molecule has 3 heteroatoms. The topological polar surface area (TPSA) is 40.5 Å². The molecule has 19 heavy (non-hydrogen) atoms. The molecule has 0 atom stereocenters. The fraction of sp³-hybridized carbons (Fsp3) is 0.562. The summed E-state index contributed by atoms with van der Waals surface area (Å²) in [5.41, 5.74) is 5.74. The van der Waals surface area contributed by atoms with Crippen LogP contribution in [0.4, 0.5) is 5.69 Å². The highest BCUT2D eigenvalue weighted by atomic mass is 16.4. The van der Waals surface area contributed by atoms with Gasteiger partial charge in [-0.1, -0.05) is 6.07 Å². The van der Waals surface area contributed by atoms with Gasteiger partial charge in [-0.25, -0.2) is 0 Å². The molecule has 1 N–H and O–H groups in total. The minimum absolute atomic E-state index is 0.509. The number of aryl methyl sites for hydroxylation is 2. The van der Waals surface area contributed by atoms with Crippen molar-refractivity contribution in [2.75, 3.05) is 18.5 Å². The Morgan fingerprint density at radius 1 is 1.21 bits per heavy atom. The molecule has 0 radical (unpaired) electrons. The average Bonchev–Trinajstić information content (AvgIpc) is 3.08. The number of hydrogen-bond donors (Lipinski definition) is 1. The van der Waals surface area contributed by atoms with Crippen molar-refractivity contribution < 1.29 is 9.90 Å². The van der Waals surface area contributed by atoms with Crippen molar-refractivity contribution in [2.45, 2.75) is 40.5 Å². The van der Waals surface area contributed by atoms with Gasteiger partial charge in [0.25, 0.3) is 0 Å². The van der Waals surface area contributed by atoms with Gasteiger partial charge in [0.05, 0.1) is 5.41 Å². The Hall–Kier alpha value is -1.51. The van der Waals surface area contributed by atoms with Gasteiger partial charge in [-0.05, 0) is 62.8 Å². The summed E-state index contributed by atoms with van der Waals surface area (Å²) in [7, 11) is 2.01. The van der Waals surface area contributed by atoms with Crippen LogP contribution in [0, 0.1) is 33.1 Å². The second kappa shape index (κ2) is 4.55. The van der Waals surface area contributed by atoms with E-state index in [4.69, 9.17) is 0 Å². The van der Waals surface area contributed by atoms with E-state index in [0.717, 1.165) is 12.8 Å². The van der Waals surface area contributed by atoms with Crippen molar-refractivity contribution in [3.63, 3.8) is 0 Å². The maximum Gasteiger partial charge on any atom is 0.311 e. The fourth-order valence-electron chi connectivity index (χ4n) is 2.89. The Kier molecular flexibility index (Phi) is 3.33. The highest BCUT2D eigenvalue weighted by molar-refractivity contribution is 5.79. The molecule has 3 nitrogen and oxygen atoms in total. The van der Waals surface area contributed by atoms with Gasteiger partial charge in [0, 0.05) is 19.3 Å². The molecular weight excluding hydrogens is 238 g/mol. The second-order valence-corrected chi connectivity index (χ2v) is 6.05. The Bertz CT molecular complexity index is 504. The molecule has 0 unspecified atom stereocenters. The fourth-order valence-corrected chi connectivity index (χ4v) is 2.89. The van der Waals surface area contributed by atoms with Crippen LogP contribution in [0.15, 0.2) is 6.07 Å². The minimum Gasteiger partial charge on any atom is -0.481 e. The first-order valence-electron chi connectivity index (χ1n) is 6.80. The number of hydrogen-bond acceptors (Lipinski definition) is 2. The number of carbonyl (C=O) groups is 1. The first-order valence-corrected chi connectivity index (χ1v) is 6.80. The van der Waals surface area contributed by atoms with E-state index in [1.165, 1.54) is 27.9 Å². The van der Waals surface area contributed by atoms with Gasteiger partial charge in [-0.2, -0.15) is 0 Å². The van der Waals surface area contributed by atoms with E-state index < -0.39 is 11.4 Å². The predicted molar refractivity (Wildman–Crippen MR) is 78.0 cm³/mol. The zero-order chi connectivity index (χ0) is 14.4. The van der Waals surface area contributed by atoms with E-state index in [-0.39, 0.29) is 0 Å². The first-order chi connectivity index (χ1) is 8.78. The molecule has 1 aromatic rings. The van der Waals surface area contributed by atoms with Crippen molar-refractivity contribution in [3.05, 3.63) is 28.3 Å². The Balaban J connectivity index is 2.34. The summed E-state index contributed by atoms with van der Waals surface area (Å²) in [4.78, 5) is 13.5. The van der Waals surface area contributed by atoms with Crippen molar-refractivity contribution in [3.8, 4) is 0 Å². The quantitative estimate of drug-likeness (QED) is 0.904. The third-order valence-electron chi connectivity index (χ3n) is 4.56. The molecule has 0 heterocycles. The van der Waals surface area contributed by atoms with Gasteiger partial charge < -0.3 is 10.0 Å². The molecule has 0 aliphatic heterocycles. The van der Waals surface area contributed by atoms with Crippen LogP contribution in [0.25, 0.3) is 0 Å². The van der Waals surface area contributed by atoms with Crippen LogP contribution in [0.2, 0.25) is 0 Å². The lowest BCUT2D eigenvalue weighted by molar-refractivity contribution is -0.142. The summed E-state index contributed by atoms with van der Waals surface area (Å²) in [6.07, 6.45) is 1.60. The lowest BCUT2D eigenvalue weighted by Crippen LogP contribution is -2.32. The minimum atomic E-state index is -0.654. The van der Waals surface area contributed by atoms with Crippen LogP contribution >= 0.6 is 0 Å². The second-order valence-electron chi connectivity index (χ2n) is 6.05.